The minimum Gasteiger partial charge on any atom is -0.352 e. The Morgan fingerprint density at radius 3 is 2.79 bits per heavy atom. The number of fused-ring (bicyclic) bond motifs is 1. The zero-order valence-electron chi connectivity index (χ0n) is 11.0. The lowest BCUT2D eigenvalue weighted by atomic mass is 10.0. The van der Waals surface area contributed by atoms with Crippen LogP contribution in [0.25, 0.3) is 0 Å². The number of aromatic amines is 1. The number of rotatable bonds is 1. The molecule has 0 amide bonds. The first-order chi connectivity index (χ1) is 8.82. The SMILES string of the molecule is CC1(C)O[C@@H]2CO[C@@H](n3ccc(=O)[nH]c3=O)[C@]2(C)O1. The van der Waals surface area contributed by atoms with E-state index in [2.05, 4.69) is 4.98 Å². The molecule has 7 heteroatoms. The molecule has 0 aliphatic carbocycles. The lowest BCUT2D eigenvalue weighted by Gasteiger charge is -2.30. The van der Waals surface area contributed by atoms with E-state index < -0.39 is 28.9 Å². The molecule has 0 aromatic carbocycles. The third-order valence-electron chi connectivity index (χ3n) is 3.53. The second kappa shape index (κ2) is 3.78. The van der Waals surface area contributed by atoms with Crippen LogP contribution in [0.2, 0.25) is 0 Å². The number of aromatic nitrogens is 2. The normalized spacial score (nSPS) is 36.4. The number of H-pyrrole nitrogens is 1. The van der Waals surface area contributed by atoms with E-state index in [4.69, 9.17) is 14.2 Å². The van der Waals surface area contributed by atoms with E-state index in [1.165, 1.54) is 16.8 Å². The van der Waals surface area contributed by atoms with Gasteiger partial charge in [-0.15, -0.1) is 0 Å². The average molecular weight is 268 g/mol. The Kier molecular flexibility index (Phi) is 2.51. The summed E-state index contributed by atoms with van der Waals surface area (Å²) in [5.74, 6) is -0.715. The highest BCUT2D eigenvalue weighted by molar-refractivity contribution is 5.03. The molecule has 3 rings (SSSR count). The minimum atomic E-state index is -0.758. The number of nitrogens with one attached hydrogen (secondary N) is 1. The lowest BCUT2D eigenvalue weighted by Crippen LogP contribution is -2.45. The molecule has 104 valence electrons. The van der Waals surface area contributed by atoms with Crippen molar-refractivity contribution >= 4 is 0 Å². The van der Waals surface area contributed by atoms with E-state index in [0.29, 0.717) is 6.61 Å². The molecule has 0 unspecified atom stereocenters. The molecular weight excluding hydrogens is 252 g/mol. The zero-order valence-corrected chi connectivity index (χ0v) is 11.0. The van der Waals surface area contributed by atoms with Gasteiger partial charge in [-0.2, -0.15) is 0 Å². The fraction of sp³-hybridized carbons (Fsp3) is 0.667. The van der Waals surface area contributed by atoms with Crippen LogP contribution in [0.15, 0.2) is 21.9 Å². The van der Waals surface area contributed by atoms with E-state index in [0.717, 1.165) is 0 Å². The summed E-state index contributed by atoms with van der Waals surface area (Å²) >= 11 is 0. The van der Waals surface area contributed by atoms with Crippen LogP contribution in [0.3, 0.4) is 0 Å². The van der Waals surface area contributed by atoms with E-state index in [1.54, 1.807) is 0 Å². The third-order valence-corrected chi connectivity index (χ3v) is 3.53. The smallest absolute Gasteiger partial charge is 0.330 e. The summed E-state index contributed by atoms with van der Waals surface area (Å²) < 4.78 is 18.6. The molecule has 1 N–H and O–H groups in total. The van der Waals surface area contributed by atoms with Crippen molar-refractivity contribution in [1.82, 2.24) is 9.55 Å². The van der Waals surface area contributed by atoms with Crippen molar-refractivity contribution in [2.24, 2.45) is 0 Å². The first kappa shape index (κ1) is 12.6. The van der Waals surface area contributed by atoms with Gasteiger partial charge in [-0.1, -0.05) is 0 Å². The van der Waals surface area contributed by atoms with Crippen LogP contribution in [0.4, 0.5) is 0 Å². The molecule has 1 aromatic heterocycles. The standard InChI is InChI=1S/C12H16N2O5/c1-11(2)18-7-6-17-9(12(7,3)19-11)14-5-4-8(15)13-10(14)16/h4-5,7,9H,6H2,1-3H3,(H,13,15,16)/t7-,9-,12-/m1/s1. The molecule has 0 saturated carbocycles. The maximum absolute atomic E-state index is 11.9. The van der Waals surface area contributed by atoms with Crippen molar-refractivity contribution < 1.29 is 14.2 Å². The minimum absolute atomic E-state index is 0.244. The molecule has 0 spiro atoms. The molecule has 2 saturated heterocycles. The molecule has 2 fully saturated rings. The summed E-state index contributed by atoms with van der Waals surface area (Å²) in [5, 5.41) is 0. The van der Waals surface area contributed by atoms with Crippen molar-refractivity contribution in [1.29, 1.82) is 0 Å². The summed E-state index contributed by atoms with van der Waals surface area (Å²) in [6.07, 6.45) is 0.545. The van der Waals surface area contributed by atoms with Crippen LogP contribution in [-0.2, 0) is 14.2 Å². The van der Waals surface area contributed by atoms with Crippen LogP contribution in [-0.4, -0.2) is 33.7 Å². The molecule has 1 aromatic rings. The first-order valence-electron chi connectivity index (χ1n) is 6.13. The van der Waals surface area contributed by atoms with Gasteiger partial charge in [0, 0.05) is 12.3 Å². The molecule has 0 bridgehead atoms. The third kappa shape index (κ3) is 1.85. The maximum atomic E-state index is 11.9. The molecule has 0 radical (unpaired) electrons. The molecule has 2 aliphatic heterocycles. The summed E-state index contributed by atoms with van der Waals surface area (Å²) in [7, 11) is 0. The van der Waals surface area contributed by atoms with Crippen molar-refractivity contribution in [3.05, 3.63) is 33.1 Å². The Morgan fingerprint density at radius 1 is 1.37 bits per heavy atom. The number of nitrogens with zero attached hydrogens (tertiary/aromatic N) is 1. The fourth-order valence-electron chi connectivity index (χ4n) is 2.80. The van der Waals surface area contributed by atoms with Gasteiger partial charge in [-0.3, -0.25) is 14.3 Å². The average Bonchev–Trinajstić information content (AvgIpc) is 2.67. The Morgan fingerprint density at radius 2 is 2.11 bits per heavy atom. The zero-order chi connectivity index (χ0) is 13.8. The second-order valence-electron chi connectivity index (χ2n) is 5.50. The van der Waals surface area contributed by atoms with Crippen LogP contribution in [0, 0.1) is 0 Å². The Balaban J connectivity index is 2.03. The van der Waals surface area contributed by atoms with Crippen LogP contribution in [0.1, 0.15) is 27.0 Å². The highest BCUT2D eigenvalue weighted by atomic mass is 16.8. The highest BCUT2D eigenvalue weighted by Crippen LogP contribution is 2.47. The number of ether oxygens (including phenoxy) is 3. The predicted molar refractivity (Wildman–Crippen MR) is 64.8 cm³/mol. The monoisotopic (exact) mass is 268 g/mol. The summed E-state index contributed by atoms with van der Waals surface area (Å²) in [5.41, 5.74) is -1.72. The molecule has 7 nitrogen and oxygen atoms in total. The number of hydrogen-bond donors (Lipinski definition) is 1. The Hall–Kier alpha value is -1.44. The van der Waals surface area contributed by atoms with Gasteiger partial charge in [0.05, 0.1) is 6.61 Å². The van der Waals surface area contributed by atoms with Gasteiger partial charge in [0.1, 0.15) is 11.7 Å². The van der Waals surface area contributed by atoms with Crippen molar-refractivity contribution in [3.8, 4) is 0 Å². The predicted octanol–water partition coefficient (Wildman–Crippen LogP) is -0.0244. The molecule has 19 heavy (non-hydrogen) atoms. The van der Waals surface area contributed by atoms with Gasteiger partial charge in [0.2, 0.25) is 0 Å². The van der Waals surface area contributed by atoms with E-state index >= 15 is 0 Å². The Labute approximate surface area is 109 Å². The fourth-order valence-corrected chi connectivity index (χ4v) is 2.80. The van der Waals surface area contributed by atoms with Crippen LogP contribution >= 0.6 is 0 Å². The maximum Gasteiger partial charge on any atom is 0.330 e. The summed E-state index contributed by atoms with van der Waals surface area (Å²) in [6.45, 7) is 5.84. The lowest BCUT2D eigenvalue weighted by molar-refractivity contribution is -0.205. The first-order valence-corrected chi connectivity index (χ1v) is 6.13. The topological polar surface area (TPSA) is 82.5 Å². The summed E-state index contributed by atoms with van der Waals surface area (Å²) in [4.78, 5) is 25.2. The van der Waals surface area contributed by atoms with Crippen LogP contribution < -0.4 is 11.2 Å². The molecular formula is C12H16N2O5. The van der Waals surface area contributed by atoms with Crippen molar-refractivity contribution in [3.63, 3.8) is 0 Å². The highest BCUT2D eigenvalue weighted by Gasteiger charge is 2.60. The van der Waals surface area contributed by atoms with Gasteiger partial charge in [-0.25, -0.2) is 4.79 Å². The van der Waals surface area contributed by atoms with Crippen LogP contribution in [0.5, 0.6) is 0 Å². The van der Waals surface area contributed by atoms with Gasteiger partial charge in [-0.05, 0) is 20.8 Å². The molecule has 2 aliphatic rings. The van der Waals surface area contributed by atoms with E-state index in [1.807, 2.05) is 20.8 Å². The number of hydrogen-bond acceptors (Lipinski definition) is 5. The van der Waals surface area contributed by atoms with Gasteiger partial charge in [0.15, 0.2) is 12.0 Å². The van der Waals surface area contributed by atoms with E-state index in [-0.39, 0.29) is 6.10 Å². The summed E-state index contributed by atoms with van der Waals surface area (Å²) in [6, 6.07) is 1.28. The Bertz CT molecular complexity index is 619. The van der Waals surface area contributed by atoms with Gasteiger partial charge in [0.25, 0.3) is 5.56 Å². The molecule has 3 atom stereocenters. The van der Waals surface area contributed by atoms with Gasteiger partial charge >= 0.3 is 5.69 Å². The van der Waals surface area contributed by atoms with Crippen molar-refractivity contribution in [2.45, 2.75) is 44.5 Å². The van der Waals surface area contributed by atoms with Gasteiger partial charge < -0.3 is 14.2 Å². The second-order valence-corrected chi connectivity index (χ2v) is 5.50. The van der Waals surface area contributed by atoms with Crippen molar-refractivity contribution in [2.75, 3.05) is 6.61 Å². The molecule has 3 heterocycles. The quantitative estimate of drug-likeness (QED) is 0.773. The largest absolute Gasteiger partial charge is 0.352 e. The van der Waals surface area contributed by atoms with E-state index in [9.17, 15) is 9.59 Å².